The molecule has 7 nitrogen and oxygen atoms in total. The highest BCUT2D eigenvalue weighted by Crippen LogP contribution is 2.23. The highest BCUT2D eigenvalue weighted by Gasteiger charge is 2.21. The molecule has 0 spiro atoms. The third-order valence-electron chi connectivity index (χ3n) is 4.78. The smallest absolute Gasteiger partial charge is 0.326 e. The lowest BCUT2D eigenvalue weighted by atomic mass is 10.0. The van der Waals surface area contributed by atoms with E-state index in [1.165, 1.54) is 0 Å². The van der Waals surface area contributed by atoms with Gasteiger partial charge in [0.25, 0.3) is 0 Å². The molecule has 29 heavy (non-hydrogen) atoms. The van der Waals surface area contributed by atoms with E-state index < -0.39 is 12.0 Å². The van der Waals surface area contributed by atoms with Crippen molar-refractivity contribution >= 4 is 22.8 Å². The first-order valence-corrected chi connectivity index (χ1v) is 9.29. The number of carboxylic acid groups (broad SMARTS) is 1. The number of fused-ring (bicyclic) bond motifs is 1. The van der Waals surface area contributed by atoms with E-state index in [0.29, 0.717) is 17.9 Å². The van der Waals surface area contributed by atoms with Crippen molar-refractivity contribution in [2.45, 2.75) is 25.3 Å². The summed E-state index contributed by atoms with van der Waals surface area (Å²) < 4.78 is 10.5. The van der Waals surface area contributed by atoms with Crippen LogP contribution in [0.3, 0.4) is 0 Å². The van der Waals surface area contributed by atoms with Crippen molar-refractivity contribution in [1.29, 1.82) is 0 Å². The van der Waals surface area contributed by atoms with E-state index >= 15 is 0 Å². The molecule has 0 radical (unpaired) electrons. The summed E-state index contributed by atoms with van der Waals surface area (Å²) in [6, 6.07) is 12.1. The molecule has 152 valence electrons. The number of aromatic amines is 1. The zero-order valence-electron chi connectivity index (χ0n) is 16.4. The molecule has 3 aromatic rings. The number of ether oxygens (including phenoxy) is 2. The number of carbonyl (C=O) groups is 2. The Kier molecular flexibility index (Phi) is 6.39. The van der Waals surface area contributed by atoms with Gasteiger partial charge < -0.3 is 24.9 Å². The minimum Gasteiger partial charge on any atom is -0.497 e. The average Bonchev–Trinajstić information content (AvgIpc) is 3.14. The minimum absolute atomic E-state index is 0.161. The number of hydrogen-bond donors (Lipinski definition) is 3. The number of aliphatic carboxylic acids is 1. The fraction of sp³-hybridized carbons (Fsp3) is 0.273. The van der Waals surface area contributed by atoms with E-state index in [2.05, 4.69) is 10.3 Å². The average molecular weight is 396 g/mol. The van der Waals surface area contributed by atoms with Gasteiger partial charge in [0.15, 0.2) is 0 Å². The lowest BCUT2D eigenvalue weighted by Gasteiger charge is -2.14. The Balaban J connectivity index is 1.63. The third-order valence-corrected chi connectivity index (χ3v) is 4.78. The number of carboxylic acids is 1. The Labute approximate surface area is 168 Å². The SMILES string of the molecule is COc1cc(CCC(=O)NC(Cc2c[nH]c3ccccc23)C(=O)O)cc(OC)c1. The van der Waals surface area contributed by atoms with Gasteiger partial charge >= 0.3 is 5.97 Å². The molecule has 1 heterocycles. The summed E-state index contributed by atoms with van der Waals surface area (Å²) in [4.78, 5) is 27.2. The first kappa shape index (κ1) is 20.3. The van der Waals surface area contributed by atoms with Gasteiger partial charge in [0.2, 0.25) is 5.91 Å². The molecule has 7 heteroatoms. The first-order chi connectivity index (χ1) is 14.0. The quantitative estimate of drug-likeness (QED) is 0.516. The van der Waals surface area contributed by atoms with E-state index in [1.807, 2.05) is 36.4 Å². The second kappa shape index (κ2) is 9.14. The highest BCUT2D eigenvalue weighted by atomic mass is 16.5. The molecule has 1 atom stereocenters. The maximum absolute atomic E-state index is 12.4. The predicted octanol–water partition coefficient (Wildman–Crippen LogP) is 2.93. The summed E-state index contributed by atoms with van der Waals surface area (Å²) in [7, 11) is 3.13. The van der Waals surface area contributed by atoms with Gasteiger partial charge in [-0.3, -0.25) is 4.79 Å². The molecular weight excluding hydrogens is 372 g/mol. The first-order valence-electron chi connectivity index (χ1n) is 9.29. The van der Waals surface area contributed by atoms with Crippen LogP contribution >= 0.6 is 0 Å². The van der Waals surface area contributed by atoms with E-state index in [1.54, 1.807) is 26.5 Å². The molecule has 3 N–H and O–H groups in total. The van der Waals surface area contributed by atoms with Crippen LogP contribution in [-0.4, -0.2) is 42.2 Å². The van der Waals surface area contributed by atoms with Crippen LogP contribution in [0.15, 0.2) is 48.7 Å². The molecular formula is C22H24N2O5. The number of aromatic nitrogens is 1. The number of carbonyl (C=O) groups excluding carboxylic acids is 1. The third kappa shape index (κ3) is 5.07. The van der Waals surface area contributed by atoms with Crippen molar-refractivity contribution in [2.24, 2.45) is 0 Å². The van der Waals surface area contributed by atoms with Gasteiger partial charge in [-0.05, 0) is 35.7 Å². The molecule has 1 amide bonds. The molecule has 0 aliphatic rings. The highest BCUT2D eigenvalue weighted by molar-refractivity contribution is 5.86. The zero-order chi connectivity index (χ0) is 20.8. The number of methoxy groups -OCH3 is 2. The molecule has 1 unspecified atom stereocenters. The fourth-order valence-corrected chi connectivity index (χ4v) is 3.26. The van der Waals surface area contributed by atoms with Crippen LogP contribution in [0.5, 0.6) is 11.5 Å². The summed E-state index contributed by atoms with van der Waals surface area (Å²) in [5.41, 5.74) is 2.66. The number of H-pyrrole nitrogens is 1. The van der Waals surface area contributed by atoms with E-state index in [0.717, 1.165) is 22.0 Å². The van der Waals surface area contributed by atoms with E-state index in [9.17, 15) is 14.7 Å². The van der Waals surface area contributed by atoms with Crippen molar-refractivity contribution in [3.05, 3.63) is 59.8 Å². The molecule has 3 rings (SSSR count). The number of para-hydroxylation sites is 1. The summed E-state index contributed by atoms with van der Waals surface area (Å²) in [6.07, 6.45) is 2.60. The van der Waals surface area contributed by atoms with Crippen molar-refractivity contribution in [3.8, 4) is 11.5 Å². The molecule has 0 saturated carbocycles. The Bertz CT molecular complexity index is 989. The number of nitrogens with one attached hydrogen (secondary N) is 2. The predicted molar refractivity (Wildman–Crippen MR) is 109 cm³/mol. The number of hydrogen-bond acceptors (Lipinski definition) is 4. The van der Waals surface area contributed by atoms with Gasteiger partial charge in [-0.15, -0.1) is 0 Å². The normalized spacial score (nSPS) is 11.8. The van der Waals surface area contributed by atoms with Crippen LogP contribution in [0.1, 0.15) is 17.5 Å². The topological polar surface area (TPSA) is 101 Å². The van der Waals surface area contributed by atoms with Gasteiger partial charge in [-0.1, -0.05) is 18.2 Å². The Hall–Kier alpha value is -3.48. The van der Waals surface area contributed by atoms with Gasteiger partial charge in [-0.25, -0.2) is 4.79 Å². The van der Waals surface area contributed by atoms with Crippen molar-refractivity contribution in [1.82, 2.24) is 10.3 Å². The van der Waals surface area contributed by atoms with Crippen molar-refractivity contribution < 1.29 is 24.2 Å². The zero-order valence-corrected chi connectivity index (χ0v) is 16.4. The Morgan fingerprint density at radius 2 is 1.79 bits per heavy atom. The van der Waals surface area contributed by atoms with Crippen LogP contribution in [0, 0.1) is 0 Å². The molecule has 2 aromatic carbocycles. The van der Waals surface area contributed by atoms with Gasteiger partial charge in [0, 0.05) is 36.0 Å². The minimum atomic E-state index is -1.06. The molecule has 0 aliphatic carbocycles. The van der Waals surface area contributed by atoms with Crippen LogP contribution in [-0.2, 0) is 22.4 Å². The van der Waals surface area contributed by atoms with Gasteiger partial charge in [0.1, 0.15) is 17.5 Å². The second-order valence-corrected chi connectivity index (χ2v) is 6.74. The molecule has 1 aromatic heterocycles. The monoisotopic (exact) mass is 396 g/mol. The van der Waals surface area contributed by atoms with Crippen LogP contribution in [0.25, 0.3) is 10.9 Å². The van der Waals surface area contributed by atoms with E-state index in [4.69, 9.17) is 9.47 Å². The maximum Gasteiger partial charge on any atom is 0.326 e. The molecule has 0 aliphatic heterocycles. The Morgan fingerprint density at radius 1 is 1.10 bits per heavy atom. The fourth-order valence-electron chi connectivity index (χ4n) is 3.26. The molecule has 0 bridgehead atoms. The Morgan fingerprint density at radius 3 is 2.45 bits per heavy atom. The number of aryl methyl sites for hydroxylation is 1. The standard InChI is InChI=1S/C22H24N2O5/c1-28-16-9-14(10-17(12-16)29-2)7-8-21(25)24-20(22(26)27)11-15-13-23-19-6-4-3-5-18(15)19/h3-6,9-10,12-13,20,23H,7-8,11H2,1-2H3,(H,24,25)(H,26,27). The number of rotatable bonds is 9. The largest absolute Gasteiger partial charge is 0.497 e. The maximum atomic E-state index is 12.4. The number of benzene rings is 2. The second-order valence-electron chi connectivity index (χ2n) is 6.74. The van der Waals surface area contributed by atoms with Crippen molar-refractivity contribution in [2.75, 3.05) is 14.2 Å². The molecule has 0 fully saturated rings. The van der Waals surface area contributed by atoms with Crippen LogP contribution in [0.2, 0.25) is 0 Å². The van der Waals surface area contributed by atoms with Crippen LogP contribution in [0.4, 0.5) is 0 Å². The number of amides is 1. The summed E-state index contributed by atoms with van der Waals surface area (Å²) >= 11 is 0. The van der Waals surface area contributed by atoms with Gasteiger partial charge in [-0.2, -0.15) is 0 Å². The van der Waals surface area contributed by atoms with E-state index in [-0.39, 0.29) is 18.7 Å². The lowest BCUT2D eigenvalue weighted by molar-refractivity contribution is -0.141. The lowest BCUT2D eigenvalue weighted by Crippen LogP contribution is -2.42. The summed E-state index contributed by atoms with van der Waals surface area (Å²) in [6.45, 7) is 0. The summed E-state index contributed by atoms with van der Waals surface area (Å²) in [5, 5.41) is 13.1. The van der Waals surface area contributed by atoms with Crippen LogP contribution < -0.4 is 14.8 Å². The molecule has 0 saturated heterocycles. The van der Waals surface area contributed by atoms with Gasteiger partial charge in [0.05, 0.1) is 14.2 Å². The van der Waals surface area contributed by atoms with Crippen molar-refractivity contribution in [3.63, 3.8) is 0 Å². The summed E-state index contributed by atoms with van der Waals surface area (Å²) in [5.74, 6) is -0.101.